The lowest BCUT2D eigenvalue weighted by atomic mass is 9.98. The molecule has 0 amide bonds. The lowest BCUT2D eigenvalue weighted by Gasteiger charge is -2.17. The van der Waals surface area contributed by atoms with Gasteiger partial charge in [0.15, 0.2) is 0 Å². The summed E-state index contributed by atoms with van der Waals surface area (Å²) in [5.74, 6) is -1.69. The van der Waals surface area contributed by atoms with Crippen molar-refractivity contribution in [1.82, 2.24) is 5.32 Å². The van der Waals surface area contributed by atoms with Gasteiger partial charge in [0.05, 0.1) is 18.7 Å². The number of alkyl halides is 3. The average molecular weight is 435 g/mol. The molecule has 164 valence electrons. The van der Waals surface area contributed by atoms with Crippen LogP contribution in [0.25, 0.3) is 11.1 Å². The molecule has 0 saturated heterocycles. The van der Waals surface area contributed by atoms with Gasteiger partial charge in [0.1, 0.15) is 5.84 Å². The quantitative estimate of drug-likeness (QED) is 0.517. The van der Waals surface area contributed by atoms with Gasteiger partial charge in [-0.3, -0.25) is 4.99 Å². The summed E-state index contributed by atoms with van der Waals surface area (Å²) in [5.41, 5.74) is 0.717. The zero-order chi connectivity index (χ0) is 22.9. The molecule has 1 heterocycles. The third-order valence-corrected chi connectivity index (χ3v) is 4.01. The van der Waals surface area contributed by atoms with Crippen LogP contribution in [0.2, 0.25) is 0 Å². The standard InChI is InChI=1S/C17H16F3N3.C4H4O4/c18-17(19,20)14-7-3-1-5-12(14)13-6-2-4-8-15(13)23-11-16-21-9-10-22-16;5-3(6)1-2-4(7)8/h1-8,23H,9-11H2,(H,21,22);1-2H,(H,5,6)(H,7,8). The van der Waals surface area contributed by atoms with E-state index in [1.165, 1.54) is 12.1 Å². The van der Waals surface area contributed by atoms with Crippen LogP contribution in [-0.2, 0) is 15.8 Å². The van der Waals surface area contributed by atoms with E-state index in [1.54, 1.807) is 30.3 Å². The van der Waals surface area contributed by atoms with E-state index in [-0.39, 0.29) is 5.56 Å². The second kappa shape index (κ2) is 10.8. The smallest absolute Gasteiger partial charge is 0.417 e. The molecule has 1 aliphatic rings. The maximum absolute atomic E-state index is 13.2. The molecular weight excluding hydrogens is 415 g/mol. The van der Waals surface area contributed by atoms with Crippen molar-refractivity contribution < 1.29 is 33.0 Å². The van der Waals surface area contributed by atoms with E-state index < -0.39 is 23.7 Å². The van der Waals surface area contributed by atoms with E-state index in [2.05, 4.69) is 15.6 Å². The van der Waals surface area contributed by atoms with E-state index in [4.69, 9.17) is 10.2 Å². The first-order valence-corrected chi connectivity index (χ1v) is 9.09. The van der Waals surface area contributed by atoms with Crippen LogP contribution in [0.3, 0.4) is 0 Å². The van der Waals surface area contributed by atoms with Gasteiger partial charge in [-0.1, -0.05) is 36.4 Å². The molecule has 1 aliphatic heterocycles. The SMILES string of the molecule is FC(F)(F)c1ccccc1-c1ccccc1NCC1=NCCN1.O=C(O)C=CC(=O)O. The van der Waals surface area contributed by atoms with Crippen LogP contribution in [0.5, 0.6) is 0 Å². The Hall–Kier alpha value is -3.82. The topological polar surface area (TPSA) is 111 Å². The van der Waals surface area contributed by atoms with Crippen LogP contribution in [-0.4, -0.2) is 47.6 Å². The minimum absolute atomic E-state index is 0.171. The number of aliphatic carboxylic acids is 2. The summed E-state index contributed by atoms with van der Waals surface area (Å²) in [6.45, 7) is 2.00. The number of carbonyl (C=O) groups is 2. The van der Waals surface area contributed by atoms with Crippen molar-refractivity contribution in [3.05, 3.63) is 66.2 Å². The van der Waals surface area contributed by atoms with Gasteiger partial charge in [0, 0.05) is 29.9 Å². The van der Waals surface area contributed by atoms with Gasteiger partial charge in [-0.05, 0) is 17.7 Å². The van der Waals surface area contributed by atoms with Gasteiger partial charge in [-0.2, -0.15) is 13.2 Å². The fraction of sp³-hybridized carbons (Fsp3) is 0.190. The Morgan fingerprint density at radius 1 is 1.00 bits per heavy atom. The number of nitrogens with one attached hydrogen (secondary N) is 2. The number of hydrogen-bond donors (Lipinski definition) is 4. The van der Waals surface area contributed by atoms with Crippen molar-refractivity contribution in [2.24, 2.45) is 4.99 Å². The molecule has 0 radical (unpaired) electrons. The summed E-state index contributed by atoms with van der Waals surface area (Å²) in [5, 5.41) is 21.9. The molecular formula is C21H20F3N3O4. The summed E-state index contributed by atoms with van der Waals surface area (Å²) >= 11 is 0. The maximum Gasteiger partial charge on any atom is 0.417 e. The fourth-order valence-electron chi connectivity index (χ4n) is 2.72. The van der Waals surface area contributed by atoms with Gasteiger partial charge >= 0.3 is 18.1 Å². The van der Waals surface area contributed by atoms with E-state index in [0.717, 1.165) is 25.0 Å². The molecule has 2 aromatic rings. The Morgan fingerprint density at radius 2 is 1.58 bits per heavy atom. The van der Waals surface area contributed by atoms with E-state index in [0.29, 0.717) is 29.9 Å². The number of rotatable bonds is 6. The molecule has 0 atom stereocenters. The lowest BCUT2D eigenvalue weighted by molar-refractivity contribution is -0.137. The maximum atomic E-state index is 13.2. The average Bonchev–Trinajstić information content (AvgIpc) is 3.24. The highest BCUT2D eigenvalue weighted by Crippen LogP contribution is 2.39. The molecule has 0 spiro atoms. The molecule has 0 saturated carbocycles. The predicted molar refractivity (Wildman–Crippen MR) is 110 cm³/mol. The molecule has 0 aliphatic carbocycles. The molecule has 7 nitrogen and oxygen atoms in total. The third kappa shape index (κ3) is 7.50. The number of carboxylic acid groups (broad SMARTS) is 2. The monoisotopic (exact) mass is 435 g/mol. The van der Waals surface area contributed by atoms with Crippen molar-refractivity contribution >= 4 is 23.5 Å². The zero-order valence-electron chi connectivity index (χ0n) is 16.2. The second-order valence-electron chi connectivity index (χ2n) is 6.21. The minimum Gasteiger partial charge on any atom is -0.478 e. The lowest BCUT2D eigenvalue weighted by Crippen LogP contribution is -2.26. The zero-order valence-corrected chi connectivity index (χ0v) is 16.2. The van der Waals surface area contributed by atoms with Crippen molar-refractivity contribution in [3.8, 4) is 11.1 Å². The molecule has 0 aromatic heterocycles. The number of para-hydroxylation sites is 1. The molecule has 2 aromatic carbocycles. The van der Waals surface area contributed by atoms with Gasteiger partial charge in [0.25, 0.3) is 0 Å². The minimum atomic E-state index is -4.39. The molecule has 3 rings (SSSR count). The number of halogens is 3. The first kappa shape index (κ1) is 23.5. The van der Waals surface area contributed by atoms with Gasteiger partial charge < -0.3 is 20.8 Å². The van der Waals surface area contributed by atoms with Crippen LogP contribution in [0, 0.1) is 0 Å². The Morgan fingerprint density at radius 3 is 2.13 bits per heavy atom. The fourth-order valence-corrected chi connectivity index (χ4v) is 2.72. The molecule has 10 heteroatoms. The summed E-state index contributed by atoms with van der Waals surface area (Å²) in [6.07, 6.45) is -3.27. The van der Waals surface area contributed by atoms with Crippen LogP contribution in [0.1, 0.15) is 5.56 Å². The van der Waals surface area contributed by atoms with Crippen LogP contribution >= 0.6 is 0 Å². The summed E-state index contributed by atoms with van der Waals surface area (Å²) < 4.78 is 39.7. The first-order valence-electron chi connectivity index (χ1n) is 9.09. The highest BCUT2D eigenvalue weighted by atomic mass is 19.4. The molecule has 4 N–H and O–H groups in total. The highest BCUT2D eigenvalue weighted by molar-refractivity contribution is 5.90. The summed E-state index contributed by atoms with van der Waals surface area (Å²) in [7, 11) is 0. The Balaban J connectivity index is 0.000000366. The molecule has 0 bridgehead atoms. The number of amidine groups is 1. The van der Waals surface area contributed by atoms with Crippen molar-refractivity contribution in [1.29, 1.82) is 0 Å². The largest absolute Gasteiger partial charge is 0.478 e. The van der Waals surface area contributed by atoms with Gasteiger partial charge in [-0.15, -0.1) is 0 Å². The Labute approximate surface area is 175 Å². The van der Waals surface area contributed by atoms with Crippen molar-refractivity contribution in [2.75, 3.05) is 25.0 Å². The number of benzene rings is 2. The Bertz CT molecular complexity index is 972. The highest BCUT2D eigenvalue weighted by Gasteiger charge is 2.33. The molecule has 0 fully saturated rings. The number of aliphatic imine (C=N–C) groups is 1. The van der Waals surface area contributed by atoms with Crippen molar-refractivity contribution in [2.45, 2.75) is 6.18 Å². The third-order valence-electron chi connectivity index (χ3n) is 4.01. The van der Waals surface area contributed by atoms with E-state index >= 15 is 0 Å². The van der Waals surface area contributed by atoms with Crippen LogP contribution < -0.4 is 10.6 Å². The van der Waals surface area contributed by atoms with Gasteiger partial charge in [0.2, 0.25) is 0 Å². The van der Waals surface area contributed by atoms with Crippen LogP contribution in [0.15, 0.2) is 65.7 Å². The van der Waals surface area contributed by atoms with E-state index in [1.807, 2.05) is 0 Å². The first-order chi connectivity index (χ1) is 14.7. The number of hydrogen-bond acceptors (Lipinski definition) is 5. The summed E-state index contributed by atoms with van der Waals surface area (Å²) in [6, 6.07) is 12.6. The molecule has 0 unspecified atom stereocenters. The molecule has 31 heavy (non-hydrogen) atoms. The summed E-state index contributed by atoms with van der Waals surface area (Å²) in [4.78, 5) is 23.4. The normalized spacial score (nSPS) is 13.1. The van der Waals surface area contributed by atoms with Gasteiger partial charge in [-0.25, -0.2) is 9.59 Å². The predicted octanol–water partition coefficient (Wildman–Crippen LogP) is 3.50. The van der Waals surface area contributed by atoms with Crippen LogP contribution in [0.4, 0.5) is 18.9 Å². The second-order valence-corrected chi connectivity index (χ2v) is 6.21. The number of carboxylic acids is 2. The van der Waals surface area contributed by atoms with E-state index in [9.17, 15) is 22.8 Å². The number of anilines is 1. The Kier molecular flexibility index (Phi) is 8.18. The number of nitrogens with zero attached hydrogens (tertiary/aromatic N) is 1. The van der Waals surface area contributed by atoms with Crippen molar-refractivity contribution in [3.63, 3.8) is 0 Å².